The molecule has 0 radical (unpaired) electrons. The summed E-state index contributed by atoms with van der Waals surface area (Å²) >= 11 is 0. The number of hydrogen-bond acceptors (Lipinski definition) is 6. The van der Waals surface area contributed by atoms with Gasteiger partial charge in [0.25, 0.3) is 11.8 Å². The van der Waals surface area contributed by atoms with Gasteiger partial charge in [-0.15, -0.1) is 0 Å². The number of carbonyl (C=O) groups is 4. The van der Waals surface area contributed by atoms with Crippen molar-refractivity contribution in [1.29, 1.82) is 0 Å². The lowest BCUT2D eigenvalue weighted by molar-refractivity contribution is -0.125. The van der Waals surface area contributed by atoms with Crippen LogP contribution in [0.1, 0.15) is 127 Å². The number of carbonyl (C=O) groups excluding carboxylic acids is 4. The minimum absolute atomic E-state index is 0.0757. The quantitative estimate of drug-likeness (QED) is 0.0739. The van der Waals surface area contributed by atoms with E-state index in [1.807, 2.05) is 75.1 Å². The van der Waals surface area contributed by atoms with E-state index in [2.05, 4.69) is 50.2 Å². The molecule has 314 valence electrons. The Balaban J connectivity index is 0. The first-order valence-corrected chi connectivity index (χ1v) is 20.4. The van der Waals surface area contributed by atoms with Crippen molar-refractivity contribution in [2.24, 2.45) is 11.7 Å². The number of amides is 4. The Kier molecular flexibility index (Phi) is 33.2. The van der Waals surface area contributed by atoms with E-state index in [9.17, 15) is 19.2 Å². The number of nitrogens with two attached hydrogens (primary N) is 1. The molecule has 0 saturated heterocycles. The highest BCUT2D eigenvalue weighted by Gasteiger charge is 2.19. The third-order valence-corrected chi connectivity index (χ3v) is 8.04. The fraction of sp³-hybridized carbons (Fsp3) is 0.522. The van der Waals surface area contributed by atoms with Gasteiger partial charge in [-0.2, -0.15) is 0 Å². The topological polar surface area (TPSA) is 143 Å². The predicted octanol–water partition coefficient (Wildman–Crippen LogP) is 8.57. The van der Waals surface area contributed by atoms with E-state index in [-0.39, 0.29) is 49.1 Å². The molecule has 2 atom stereocenters. The summed E-state index contributed by atoms with van der Waals surface area (Å²) in [5, 5.41) is 8.46. The van der Waals surface area contributed by atoms with Crippen LogP contribution in [0.15, 0.2) is 85.0 Å². The van der Waals surface area contributed by atoms with Crippen molar-refractivity contribution in [2.75, 3.05) is 39.8 Å². The van der Waals surface area contributed by atoms with Crippen LogP contribution in [0, 0.1) is 12.8 Å². The lowest BCUT2D eigenvalue weighted by atomic mass is 10.0. The maximum atomic E-state index is 13.0. The van der Waals surface area contributed by atoms with Crippen molar-refractivity contribution >= 4 is 23.6 Å². The van der Waals surface area contributed by atoms with E-state index < -0.39 is 6.04 Å². The molecule has 5 N–H and O–H groups in total. The van der Waals surface area contributed by atoms with Crippen molar-refractivity contribution < 1.29 is 23.9 Å². The highest BCUT2D eigenvalue weighted by Crippen LogP contribution is 2.12. The maximum Gasteiger partial charge on any atom is 0.253 e. The van der Waals surface area contributed by atoms with Gasteiger partial charge < -0.3 is 31.3 Å². The first kappa shape index (κ1) is 53.4. The molecule has 56 heavy (non-hydrogen) atoms. The van der Waals surface area contributed by atoms with Gasteiger partial charge in [0, 0.05) is 62.2 Å². The fourth-order valence-electron chi connectivity index (χ4n) is 4.94. The van der Waals surface area contributed by atoms with E-state index in [1.54, 1.807) is 44.4 Å². The molecule has 0 saturated carbocycles. The summed E-state index contributed by atoms with van der Waals surface area (Å²) in [6.07, 6.45) is 12.8. The Labute approximate surface area is 339 Å². The number of allylic oxidation sites excluding steroid dienone is 4. The molecule has 2 rings (SSSR count). The van der Waals surface area contributed by atoms with Crippen molar-refractivity contribution in [3.8, 4) is 5.75 Å². The molecule has 2 aromatic carbocycles. The third kappa shape index (κ3) is 25.4. The second kappa shape index (κ2) is 34.8. The van der Waals surface area contributed by atoms with E-state index in [0.717, 1.165) is 37.0 Å². The molecule has 0 bridgehead atoms. The third-order valence-electron chi connectivity index (χ3n) is 8.04. The van der Waals surface area contributed by atoms with Crippen molar-refractivity contribution in [1.82, 2.24) is 20.9 Å². The van der Waals surface area contributed by atoms with Gasteiger partial charge in [-0.25, -0.2) is 0 Å². The van der Waals surface area contributed by atoms with Gasteiger partial charge in [-0.1, -0.05) is 122 Å². The largest absolute Gasteiger partial charge is 0.497 e. The predicted molar refractivity (Wildman–Crippen MR) is 235 cm³/mol. The molecule has 2 unspecified atom stereocenters. The summed E-state index contributed by atoms with van der Waals surface area (Å²) in [4.78, 5) is 52.3. The minimum Gasteiger partial charge on any atom is -0.497 e. The maximum absolute atomic E-state index is 13.0. The second-order valence-corrected chi connectivity index (χ2v) is 13.2. The van der Waals surface area contributed by atoms with Crippen LogP contribution in [0.2, 0.25) is 0 Å². The Hall–Kier alpha value is -4.70. The van der Waals surface area contributed by atoms with E-state index in [0.29, 0.717) is 37.2 Å². The van der Waals surface area contributed by atoms with Crippen molar-refractivity contribution in [3.63, 3.8) is 0 Å². The van der Waals surface area contributed by atoms with Gasteiger partial charge in [0.2, 0.25) is 11.8 Å². The van der Waals surface area contributed by atoms with Gasteiger partial charge in [-0.05, 0) is 69.9 Å². The van der Waals surface area contributed by atoms with Gasteiger partial charge in [0.15, 0.2) is 0 Å². The number of unbranched alkanes of at least 4 members (excludes halogenated alkanes) is 1. The molecule has 0 fully saturated rings. The molecular formula is C46H75N5O5. The van der Waals surface area contributed by atoms with Crippen molar-refractivity contribution in [3.05, 3.63) is 102 Å². The number of benzene rings is 2. The summed E-state index contributed by atoms with van der Waals surface area (Å²) in [6.45, 7) is 24.0. The van der Waals surface area contributed by atoms with Crippen LogP contribution in [0.3, 0.4) is 0 Å². The molecular weight excluding hydrogens is 703 g/mol. The zero-order chi connectivity index (χ0) is 42.7. The summed E-state index contributed by atoms with van der Waals surface area (Å²) in [5.74, 6) is -0.205. The first-order valence-electron chi connectivity index (χ1n) is 20.4. The molecule has 0 aromatic heterocycles. The molecule has 2 aromatic rings. The number of rotatable bonds is 21. The van der Waals surface area contributed by atoms with E-state index in [1.165, 1.54) is 12.0 Å². The Morgan fingerprint density at radius 1 is 0.929 bits per heavy atom. The van der Waals surface area contributed by atoms with E-state index >= 15 is 0 Å². The molecule has 10 heteroatoms. The summed E-state index contributed by atoms with van der Waals surface area (Å²) < 4.78 is 4.97. The Bertz CT molecular complexity index is 1440. The standard InChI is InChI=1S/C33H51N5O4.C8H10O.C3H8.C2H6/c1-6-10-12-14-26(9-4)23-36-30(39)17-18-35-31(40)25(5)21-29(34)24-37-32(41)27-15-13-16-28(22-27)33(42)38(19-8-3)20-11-7-2;1-7-3-5-8(9-2)6-4-7;1-3-2;1-2/h6,9-10,12-13,15-16,22,25,29H,1,7-8,11,14,17-21,23-24,34H2,2-5H3,(H,35,40)(H,36,39)(H,37,41);3-6H,1-2H3;3H2,1-2H3;1-2H3/b12-10-,26-9+;;;. The molecule has 4 amide bonds. The van der Waals surface area contributed by atoms with Crippen LogP contribution >= 0.6 is 0 Å². The molecule has 0 aliphatic heterocycles. The second-order valence-electron chi connectivity index (χ2n) is 13.2. The highest BCUT2D eigenvalue weighted by molar-refractivity contribution is 5.99. The average Bonchev–Trinajstić information content (AvgIpc) is 3.21. The number of aryl methyl sites for hydroxylation is 1. The fourth-order valence-corrected chi connectivity index (χ4v) is 4.94. The van der Waals surface area contributed by atoms with Crippen LogP contribution in [-0.2, 0) is 9.59 Å². The normalized spacial score (nSPS) is 11.5. The number of methoxy groups -OCH3 is 1. The smallest absolute Gasteiger partial charge is 0.253 e. The van der Waals surface area contributed by atoms with Crippen LogP contribution in [0.4, 0.5) is 0 Å². The molecule has 0 heterocycles. The van der Waals surface area contributed by atoms with Gasteiger partial charge >= 0.3 is 0 Å². The summed E-state index contributed by atoms with van der Waals surface area (Å²) in [7, 11) is 1.67. The Morgan fingerprint density at radius 2 is 1.57 bits per heavy atom. The molecule has 0 aliphatic rings. The summed E-state index contributed by atoms with van der Waals surface area (Å²) in [6, 6.07) is 14.2. The average molecular weight is 778 g/mol. The highest BCUT2D eigenvalue weighted by atomic mass is 16.5. The van der Waals surface area contributed by atoms with Crippen LogP contribution in [0.25, 0.3) is 0 Å². The molecule has 0 spiro atoms. The molecule has 0 aliphatic carbocycles. The zero-order valence-corrected chi connectivity index (χ0v) is 36.3. The summed E-state index contributed by atoms with van der Waals surface area (Å²) in [5.41, 5.74) is 9.42. The number of ether oxygens (including phenoxy) is 1. The minimum atomic E-state index is -0.439. The van der Waals surface area contributed by atoms with Crippen LogP contribution < -0.4 is 26.4 Å². The lowest BCUT2D eigenvalue weighted by Crippen LogP contribution is -2.41. The van der Waals surface area contributed by atoms with Gasteiger partial charge in [0.05, 0.1) is 7.11 Å². The molecule has 10 nitrogen and oxygen atoms in total. The SMILES string of the molecule is C=C/C=C\C/C(=C\C)CNC(=O)CCNC(=O)C(C)CC(N)CNC(=O)c1cccc(C(=O)N(CCC)CCCC)c1.CC.CCC.COc1ccc(C)cc1. The first-order chi connectivity index (χ1) is 26.9. The number of nitrogens with one attached hydrogen (secondary N) is 3. The van der Waals surface area contributed by atoms with Crippen molar-refractivity contribution in [2.45, 2.75) is 113 Å². The zero-order valence-electron chi connectivity index (χ0n) is 36.3. The van der Waals surface area contributed by atoms with E-state index in [4.69, 9.17) is 10.5 Å². The number of nitrogens with zero attached hydrogens (tertiary/aromatic N) is 1. The van der Waals surface area contributed by atoms with Gasteiger partial charge in [0.1, 0.15) is 5.75 Å². The van der Waals surface area contributed by atoms with Crippen LogP contribution in [-0.4, -0.2) is 74.4 Å². The number of hydrogen-bond donors (Lipinski definition) is 4. The van der Waals surface area contributed by atoms with Gasteiger partial charge in [-0.3, -0.25) is 19.2 Å². The van der Waals surface area contributed by atoms with Crippen LogP contribution in [0.5, 0.6) is 5.75 Å². The monoisotopic (exact) mass is 778 g/mol. The lowest BCUT2D eigenvalue weighted by Gasteiger charge is -2.22. The Morgan fingerprint density at radius 3 is 2.14 bits per heavy atom.